The van der Waals surface area contributed by atoms with E-state index in [2.05, 4.69) is 156 Å². The molecule has 0 N–H and O–H groups in total. The van der Waals surface area contributed by atoms with Crippen molar-refractivity contribution in [3.63, 3.8) is 0 Å². The van der Waals surface area contributed by atoms with Crippen molar-refractivity contribution in [2.24, 2.45) is 21.7 Å². The Morgan fingerprint density at radius 2 is 1.22 bits per heavy atom. The van der Waals surface area contributed by atoms with Gasteiger partial charge in [0.25, 0.3) is 0 Å². The Kier molecular flexibility index (Phi) is 30.2. The molecule has 0 spiro atoms. The molecule has 0 amide bonds. The van der Waals surface area contributed by atoms with Crippen LogP contribution in [0.15, 0.2) is 146 Å². The van der Waals surface area contributed by atoms with Crippen LogP contribution in [0.2, 0.25) is 0 Å². The van der Waals surface area contributed by atoms with Crippen LogP contribution in [0.25, 0.3) is 55.6 Å². The van der Waals surface area contributed by atoms with Crippen molar-refractivity contribution in [2.45, 2.75) is 182 Å². The first kappa shape index (κ1) is 78.2. The normalized spacial score (nSPS) is 16.3. The number of aromatic nitrogens is 7. The zero-order valence-corrected chi connectivity index (χ0v) is 61.0. The Morgan fingerprint density at radius 1 is 0.589 bits per heavy atom. The first-order valence-corrected chi connectivity index (χ1v) is 32.9. The zero-order valence-electron chi connectivity index (χ0n) is 54.9. The summed E-state index contributed by atoms with van der Waals surface area (Å²) in [5.74, 6) is -2.22. The summed E-state index contributed by atoms with van der Waals surface area (Å²) in [5.41, 5.74) is 11.1. The van der Waals surface area contributed by atoms with E-state index in [-0.39, 0.29) is 97.2 Å². The van der Waals surface area contributed by atoms with Gasteiger partial charge in [-0.3, -0.25) is 23.6 Å². The molecule has 0 bridgehead atoms. The van der Waals surface area contributed by atoms with Gasteiger partial charge in [0.15, 0.2) is 5.69 Å². The predicted molar refractivity (Wildman–Crippen MR) is 355 cm³/mol. The van der Waals surface area contributed by atoms with Crippen molar-refractivity contribution >= 4 is 5.69 Å². The number of hydrogen-bond donors (Lipinski definition) is 0. The van der Waals surface area contributed by atoms with Gasteiger partial charge < -0.3 is 24.5 Å². The molecule has 506 valence electrons. The van der Waals surface area contributed by atoms with Crippen LogP contribution in [0, 0.1) is 76.3 Å². The Balaban J connectivity index is 0.000000199. The molecule has 16 heteroatoms. The van der Waals surface area contributed by atoms with Crippen molar-refractivity contribution in [3.05, 3.63) is 228 Å². The molecule has 1 unspecified atom stereocenters. The molecule has 4 fully saturated rings. The second-order valence-corrected chi connectivity index (χ2v) is 27.0. The van der Waals surface area contributed by atoms with E-state index < -0.39 is 29.2 Å². The first-order chi connectivity index (χ1) is 44.0. The van der Waals surface area contributed by atoms with Gasteiger partial charge in [-0.15, -0.1) is 59.2 Å². The smallest absolute Gasteiger partial charge is 0.418 e. The van der Waals surface area contributed by atoms with Crippen LogP contribution in [0.5, 0.6) is 0 Å². The summed E-state index contributed by atoms with van der Waals surface area (Å²) in [6.45, 7) is 18.6. The van der Waals surface area contributed by atoms with E-state index in [1.165, 1.54) is 138 Å². The summed E-state index contributed by atoms with van der Waals surface area (Å²) < 4.78 is 56.5. The molecule has 1 atom stereocenters. The summed E-state index contributed by atoms with van der Waals surface area (Å²) in [6.07, 6.45) is 37.8. The number of pyridine rings is 5. The SMILES string of the molecule is CC1(CCc2cccc(-c3[c-]ccc(-c4ccccc4)c3)n2)CCCCC1.CC1(Cc2cn(-c3ccccn3)[c-]n2)CCCC1.CCC(c1ccnc(-c2[c-]cc(F)nc2F)c1)C1(C)CCCC1.[C-]#[N+]c1c(F)c[c-]c(-c2cc(CC3(C)CCCC3)ccn2)c1F.[Co].[Rh].[Rh].[Ru+]. The minimum absolute atomic E-state index is 0. The fourth-order valence-corrected chi connectivity index (χ4v) is 14.6. The van der Waals surface area contributed by atoms with Gasteiger partial charge in [0.2, 0.25) is 0 Å². The minimum Gasteiger partial charge on any atom is -0.418 e. The maximum absolute atomic E-state index is 14.3. The molecule has 0 aliphatic heterocycles. The Hall–Kier alpha value is -5.79. The maximum Gasteiger partial charge on any atom is 1.00 e. The van der Waals surface area contributed by atoms with Gasteiger partial charge in [-0.2, -0.15) is 0 Å². The largest absolute Gasteiger partial charge is 1.00 e. The quantitative estimate of drug-likeness (QED) is 0.0440. The van der Waals surface area contributed by atoms with E-state index in [0.717, 1.165) is 66.1 Å². The molecule has 95 heavy (non-hydrogen) atoms. The maximum atomic E-state index is 14.3. The van der Waals surface area contributed by atoms with E-state index in [4.69, 9.17) is 11.6 Å². The molecule has 9 aromatic rings. The van der Waals surface area contributed by atoms with Gasteiger partial charge in [-0.25, -0.2) is 8.78 Å². The third-order valence-corrected chi connectivity index (χ3v) is 19.7. The van der Waals surface area contributed by atoms with Crippen LogP contribution in [-0.2, 0) is 94.5 Å². The minimum atomic E-state index is -0.893. The standard InChI is InChI=1S/C26H28N.C19H17F2N2.C19H21F2N2.C15H18N3.Co.2Rh.Ru/c1-26(17-6-3-7-18-26)19-16-24-14-9-15-25(27-24)23-13-8-12-22(20-23)21-10-4-2-5-11-21;1-19(8-3-4-9-19)12-13-7-10-23-16(11-13)14-5-6-15(20)18(22-2)17(14)21;1-3-15(19(2)9-4-5-10-19)13-8-11-22-16(12-13)14-6-7-17(20)23-18(14)21;1-15(7-3-4-8-15)10-13-11-18(12-17-13)14-6-2-5-9-16-14;;;;/h2,4-5,8-12,14-15,20H,3,6-7,16-19H2,1H3;6-7,10-11H,3-4,8-9,12H2,1H3;7-8,11-12,15H,3-5,9-10H2,1-2H3;2,5-6,9,11H,3-4,7-8,10H2,1H3;;;;/q4*-1;;;;+1. The average molecular weight is 1590 g/mol. The van der Waals surface area contributed by atoms with E-state index in [0.29, 0.717) is 28.1 Å². The van der Waals surface area contributed by atoms with Crippen LogP contribution in [0.3, 0.4) is 0 Å². The molecule has 4 saturated carbocycles. The number of imidazole rings is 1. The van der Waals surface area contributed by atoms with Crippen LogP contribution < -0.4 is 0 Å². The third kappa shape index (κ3) is 21.1. The van der Waals surface area contributed by atoms with Crippen LogP contribution in [-0.4, -0.2) is 34.5 Å². The summed E-state index contributed by atoms with van der Waals surface area (Å²) in [5, 5.41) is 0. The van der Waals surface area contributed by atoms with Gasteiger partial charge in [0, 0.05) is 98.0 Å². The summed E-state index contributed by atoms with van der Waals surface area (Å²) in [7, 11) is 0. The molecule has 4 aliphatic rings. The molecule has 4 aliphatic carbocycles. The Morgan fingerprint density at radius 3 is 1.88 bits per heavy atom. The molecule has 6 heterocycles. The third-order valence-electron chi connectivity index (χ3n) is 19.7. The molecule has 4 radical (unpaired) electrons. The molecule has 13 rings (SSSR count). The zero-order chi connectivity index (χ0) is 63.9. The van der Waals surface area contributed by atoms with Gasteiger partial charge in [0.1, 0.15) is 11.9 Å². The van der Waals surface area contributed by atoms with Crippen molar-refractivity contribution < 1.29 is 92.8 Å². The van der Waals surface area contributed by atoms with Gasteiger partial charge in [0.05, 0.1) is 12.4 Å². The molecule has 3 aromatic carbocycles. The van der Waals surface area contributed by atoms with E-state index in [9.17, 15) is 17.6 Å². The summed E-state index contributed by atoms with van der Waals surface area (Å²) in [4.78, 5) is 28.2. The van der Waals surface area contributed by atoms with Crippen molar-refractivity contribution in [1.82, 2.24) is 34.5 Å². The number of aryl methyl sites for hydroxylation is 1. The monoisotopic (exact) mass is 1590 g/mol. The molecule has 8 nitrogen and oxygen atoms in total. The molecular formula is C79H84CoF4N8Rh2Ru-3. The van der Waals surface area contributed by atoms with Crippen LogP contribution in [0.1, 0.15) is 185 Å². The predicted octanol–water partition coefficient (Wildman–Crippen LogP) is 21.1. The first-order valence-electron chi connectivity index (χ1n) is 32.9. The second kappa shape index (κ2) is 36.7. The number of rotatable bonds is 15. The molecule has 0 saturated heterocycles. The van der Waals surface area contributed by atoms with Crippen LogP contribution in [0.4, 0.5) is 23.2 Å². The fourth-order valence-electron chi connectivity index (χ4n) is 14.6. The average Bonchev–Trinajstić information content (AvgIpc) is 1.62. The van der Waals surface area contributed by atoms with Gasteiger partial charge >= 0.3 is 19.5 Å². The summed E-state index contributed by atoms with van der Waals surface area (Å²) in [6, 6.07) is 47.4. The van der Waals surface area contributed by atoms with Gasteiger partial charge in [-0.05, 0) is 164 Å². The van der Waals surface area contributed by atoms with Crippen molar-refractivity contribution in [3.8, 4) is 50.7 Å². The number of nitrogens with zero attached hydrogens (tertiary/aromatic N) is 8. The van der Waals surface area contributed by atoms with E-state index in [1.54, 1.807) is 18.6 Å². The summed E-state index contributed by atoms with van der Waals surface area (Å²) >= 11 is 0. The van der Waals surface area contributed by atoms with E-state index in [1.807, 2.05) is 53.1 Å². The van der Waals surface area contributed by atoms with Crippen molar-refractivity contribution in [2.75, 3.05) is 0 Å². The Bertz CT molecular complexity index is 3880. The number of benzene rings is 3. The molecular weight excluding hydrogens is 1500 g/mol. The second-order valence-electron chi connectivity index (χ2n) is 27.0. The van der Waals surface area contributed by atoms with Crippen molar-refractivity contribution in [1.29, 1.82) is 0 Å². The fraction of sp³-hybridized carbons (Fsp3) is 0.405. The van der Waals surface area contributed by atoms with E-state index >= 15 is 0 Å². The van der Waals surface area contributed by atoms with Gasteiger partial charge in [-0.1, -0.05) is 188 Å². The number of halogens is 4. The topological polar surface area (TPSA) is 86.6 Å². The Labute approximate surface area is 610 Å². The molecule has 6 aromatic heterocycles. The number of hydrogen-bond acceptors (Lipinski definition) is 6. The van der Waals surface area contributed by atoms with Crippen LogP contribution >= 0.6 is 0 Å².